The lowest BCUT2D eigenvalue weighted by atomic mass is 9.93. The van der Waals surface area contributed by atoms with E-state index >= 15 is 0 Å². The summed E-state index contributed by atoms with van der Waals surface area (Å²) in [7, 11) is 1.66. The van der Waals surface area contributed by atoms with Gasteiger partial charge >= 0.3 is 0 Å². The van der Waals surface area contributed by atoms with Crippen molar-refractivity contribution in [1.29, 1.82) is 0 Å². The van der Waals surface area contributed by atoms with Crippen LogP contribution in [0.3, 0.4) is 0 Å². The number of hydrogen-bond donors (Lipinski definition) is 0. The molecule has 1 fully saturated rings. The molecule has 3 heterocycles. The highest BCUT2D eigenvalue weighted by atomic mass is 35.5. The number of hydrogen-bond acceptors (Lipinski definition) is 5. The minimum absolute atomic E-state index is 0.390. The number of halogens is 1. The smallest absolute Gasteiger partial charge is 0.255 e. The minimum Gasteiger partial charge on any atom is -0.497 e. The van der Waals surface area contributed by atoms with E-state index in [1.807, 2.05) is 24.3 Å². The Hall–Kier alpha value is -2.34. The second kappa shape index (κ2) is 6.76. The monoisotopic (exact) mass is 371 g/mol. The predicted molar refractivity (Wildman–Crippen MR) is 103 cm³/mol. The van der Waals surface area contributed by atoms with Gasteiger partial charge in [-0.2, -0.15) is 19.6 Å². The maximum absolute atomic E-state index is 6.62. The number of aromatic nitrogens is 4. The standard InChI is InChI=1S/C19H22ClN5O/c1-12-8-9-24(13(2)10-12)18-16(14-4-6-15(26-3)7-5-14)17(20)23-19-21-11-22-25(18)19/h4-7,11-13H,8-10H2,1-3H3. The molecule has 1 aliphatic rings. The Morgan fingerprint density at radius 2 is 1.96 bits per heavy atom. The molecule has 0 spiro atoms. The van der Waals surface area contributed by atoms with E-state index in [0.717, 1.165) is 42.1 Å². The fourth-order valence-corrected chi connectivity index (χ4v) is 4.07. The lowest BCUT2D eigenvalue weighted by Crippen LogP contribution is -2.41. The first kappa shape index (κ1) is 17.1. The Kier molecular flexibility index (Phi) is 4.44. The Labute approximate surface area is 157 Å². The van der Waals surface area contributed by atoms with Crippen molar-refractivity contribution in [3.8, 4) is 16.9 Å². The van der Waals surface area contributed by atoms with Crippen molar-refractivity contribution in [2.75, 3.05) is 18.6 Å². The van der Waals surface area contributed by atoms with Gasteiger partial charge in [0.05, 0.1) is 12.7 Å². The number of ether oxygens (including phenoxy) is 1. The molecule has 2 atom stereocenters. The molecule has 3 aromatic rings. The Bertz CT molecular complexity index is 924. The molecule has 1 aromatic carbocycles. The molecule has 6 nitrogen and oxygen atoms in total. The number of anilines is 1. The summed E-state index contributed by atoms with van der Waals surface area (Å²) < 4.78 is 7.09. The van der Waals surface area contributed by atoms with E-state index in [9.17, 15) is 0 Å². The van der Waals surface area contributed by atoms with Crippen LogP contribution in [-0.2, 0) is 0 Å². The van der Waals surface area contributed by atoms with E-state index in [2.05, 4.69) is 33.8 Å². The van der Waals surface area contributed by atoms with E-state index in [0.29, 0.717) is 22.9 Å². The zero-order valence-electron chi connectivity index (χ0n) is 15.2. The third-order valence-corrected chi connectivity index (χ3v) is 5.42. The van der Waals surface area contributed by atoms with Gasteiger partial charge in [-0.25, -0.2) is 0 Å². The first-order valence-corrected chi connectivity index (χ1v) is 9.26. The fourth-order valence-electron chi connectivity index (χ4n) is 3.80. The Balaban J connectivity index is 1.92. The van der Waals surface area contributed by atoms with Crippen LogP contribution in [0.4, 0.5) is 5.82 Å². The van der Waals surface area contributed by atoms with Crippen LogP contribution < -0.4 is 9.64 Å². The second-order valence-corrected chi connectivity index (χ2v) is 7.33. The quantitative estimate of drug-likeness (QED) is 0.649. The summed E-state index contributed by atoms with van der Waals surface area (Å²) in [5.74, 6) is 3.01. The van der Waals surface area contributed by atoms with Gasteiger partial charge in [-0.15, -0.1) is 0 Å². The molecular weight excluding hydrogens is 350 g/mol. The van der Waals surface area contributed by atoms with Crippen molar-refractivity contribution in [3.63, 3.8) is 0 Å². The van der Waals surface area contributed by atoms with Gasteiger partial charge in [0.2, 0.25) is 0 Å². The van der Waals surface area contributed by atoms with E-state index in [4.69, 9.17) is 16.3 Å². The summed E-state index contributed by atoms with van der Waals surface area (Å²) in [5, 5.41) is 4.87. The maximum Gasteiger partial charge on any atom is 0.255 e. The van der Waals surface area contributed by atoms with Gasteiger partial charge in [0.15, 0.2) is 0 Å². The lowest BCUT2D eigenvalue weighted by Gasteiger charge is -2.39. The molecule has 0 bridgehead atoms. The van der Waals surface area contributed by atoms with Gasteiger partial charge in [-0.1, -0.05) is 30.7 Å². The average molecular weight is 372 g/mol. The molecule has 0 radical (unpaired) electrons. The first-order chi connectivity index (χ1) is 12.6. The van der Waals surface area contributed by atoms with Gasteiger partial charge < -0.3 is 9.64 Å². The average Bonchev–Trinajstić information content (AvgIpc) is 3.09. The number of nitrogens with zero attached hydrogens (tertiary/aromatic N) is 5. The largest absolute Gasteiger partial charge is 0.497 e. The normalized spacial score (nSPS) is 20.5. The van der Waals surface area contributed by atoms with Crippen LogP contribution in [0.15, 0.2) is 30.6 Å². The molecule has 7 heteroatoms. The van der Waals surface area contributed by atoms with Crippen LogP contribution in [0.1, 0.15) is 26.7 Å². The van der Waals surface area contributed by atoms with Crippen molar-refractivity contribution in [2.45, 2.75) is 32.7 Å². The van der Waals surface area contributed by atoms with E-state index in [1.54, 1.807) is 11.6 Å². The third kappa shape index (κ3) is 2.88. The molecule has 0 N–H and O–H groups in total. The zero-order valence-corrected chi connectivity index (χ0v) is 15.9. The lowest BCUT2D eigenvalue weighted by molar-refractivity contribution is 0.374. The minimum atomic E-state index is 0.390. The Morgan fingerprint density at radius 1 is 1.19 bits per heavy atom. The summed E-state index contributed by atoms with van der Waals surface area (Å²) >= 11 is 6.62. The van der Waals surface area contributed by atoms with Gasteiger partial charge in [-0.3, -0.25) is 0 Å². The van der Waals surface area contributed by atoms with Crippen molar-refractivity contribution < 1.29 is 4.74 Å². The van der Waals surface area contributed by atoms with Crippen LogP contribution in [0.5, 0.6) is 5.75 Å². The van der Waals surface area contributed by atoms with Crippen LogP contribution in [-0.4, -0.2) is 39.3 Å². The SMILES string of the molecule is COc1ccc(-c2c(Cl)nc3ncnn3c2N2CCC(C)CC2C)cc1. The summed E-state index contributed by atoms with van der Waals surface area (Å²) in [4.78, 5) is 11.1. The maximum atomic E-state index is 6.62. The van der Waals surface area contributed by atoms with Crippen LogP contribution in [0, 0.1) is 5.92 Å². The highest BCUT2D eigenvalue weighted by Gasteiger charge is 2.29. The number of rotatable bonds is 3. The van der Waals surface area contributed by atoms with Crippen molar-refractivity contribution in [3.05, 3.63) is 35.7 Å². The molecule has 26 heavy (non-hydrogen) atoms. The van der Waals surface area contributed by atoms with E-state index in [-0.39, 0.29) is 0 Å². The van der Waals surface area contributed by atoms with Gasteiger partial charge in [0, 0.05) is 12.6 Å². The van der Waals surface area contributed by atoms with Crippen LogP contribution in [0.25, 0.3) is 16.9 Å². The molecular formula is C19H22ClN5O. The van der Waals surface area contributed by atoms with Crippen molar-refractivity contribution in [2.24, 2.45) is 5.92 Å². The predicted octanol–water partition coefficient (Wildman–Crippen LogP) is 4.08. The number of benzene rings is 1. The zero-order chi connectivity index (χ0) is 18.3. The molecule has 136 valence electrons. The fraction of sp³-hybridized carbons (Fsp3) is 0.421. The summed E-state index contributed by atoms with van der Waals surface area (Å²) in [5.41, 5.74) is 1.87. The first-order valence-electron chi connectivity index (χ1n) is 8.88. The topological polar surface area (TPSA) is 55.6 Å². The molecule has 0 aliphatic carbocycles. The summed E-state index contributed by atoms with van der Waals surface area (Å²) in [6, 6.07) is 8.27. The molecule has 2 unspecified atom stereocenters. The molecule has 2 aromatic heterocycles. The van der Waals surface area contributed by atoms with E-state index in [1.165, 1.54) is 6.33 Å². The van der Waals surface area contributed by atoms with Crippen LogP contribution >= 0.6 is 11.6 Å². The molecule has 0 saturated carbocycles. The molecule has 4 rings (SSSR count). The van der Waals surface area contributed by atoms with Crippen LogP contribution in [0.2, 0.25) is 5.15 Å². The van der Waals surface area contributed by atoms with Crippen molar-refractivity contribution in [1.82, 2.24) is 19.6 Å². The number of piperidine rings is 1. The molecule has 1 saturated heterocycles. The number of methoxy groups -OCH3 is 1. The highest BCUT2D eigenvalue weighted by Crippen LogP contribution is 2.39. The van der Waals surface area contributed by atoms with Gasteiger partial charge in [0.25, 0.3) is 5.78 Å². The number of fused-ring (bicyclic) bond motifs is 1. The van der Waals surface area contributed by atoms with E-state index < -0.39 is 0 Å². The van der Waals surface area contributed by atoms with Gasteiger partial charge in [-0.05, 0) is 43.4 Å². The second-order valence-electron chi connectivity index (χ2n) is 6.97. The summed E-state index contributed by atoms with van der Waals surface area (Å²) in [6.45, 7) is 5.52. The molecule has 1 aliphatic heterocycles. The molecule has 0 amide bonds. The third-order valence-electron chi connectivity index (χ3n) is 5.15. The van der Waals surface area contributed by atoms with Crippen molar-refractivity contribution >= 4 is 23.2 Å². The summed E-state index contributed by atoms with van der Waals surface area (Å²) in [6.07, 6.45) is 3.80. The van der Waals surface area contributed by atoms with Gasteiger partial charge in [0.1, 0.15) is 23.0 Å². The Morgan fingerprint density at radius 3 is 2.65 bits per heavy atom. The highest BCUT2D eigenvalue weighted by molar-refractivity contribution is 6.33.